The number of amides is 1. The second-order valence-corrected chi connectivity index (χ2v) is 4.66. The van der Waals surface area contributed by atoms with Crippen molar-refractivity contribution in [3.05, 3.63) is 46.3 Å². The molecule has 1 aromatic heterocycles. The first-order valence-electron chi connectivity index (χ1n) is 5.54. The molecule has 1 aromatic carbocycles. The molecule has 0 atom stereocenters. The molecule has 1 heterocycles. The van der Waals surface area contributed by atoms with Gasteiger partial charge in [0.25, 0.3) is 5.91 Å². The Balaban J connectivity index is 2.19. The average molecular weight is 309 g/mol. The highest BCUT2D eigenvalue weighted by Crippen LogP contribution is 2.23. The Morgan fingerprint density at radius 1 is 1.44 bits per heavy atom. The minimum absolute atomic E-state index is 0.192. The zero-order valence-corrected chi connectivity index (χ0v) is 11.5. The monoisotopic (exact) mass is 308 g/mol. The van der Waals surface area contributed by atoms with Crippen molar-refractivity contribution in [1.29, 1.82) is 0 Å². The van der Waals surface area contributed by atoms with Crippen LogP contribution in [0.2, 0.25) is 0 Å². The molecular formula is C13H13BrN2O2. The summed E-state index contributed by atoms with van der Waals surface area (Å²) in [5, 5.41) is 2.79. The van der Waals surface area contributed by atoms with Gasteiger partial charge in [0.1, 0.15) is 5.76 Å². The van der Waals surface area contributed by atoms with Crippen LogP contribution in [0.5, 0.6) is 0 Å². The van der Waals surface area contributed by atoms with Crippen LogP contribution in [0.4, 0.5) is 11.4 Å². The molecule has 3 N–H and O–H groups in total. The van der Waals surface area contributed by atoms with Crippen LogP contribution in [-0.4, -0.2) is 5.91 Å². The summed E-state index contributed by atoms with van der Waals surface area (Å²) in [4.78, 5) is 12.0. The summed E-state index contributed by atoms with van der Waals surface area (Å²) in [6.45, 7) is 1.94. The molecule has 1 amide bonds. The SMILES string of the molecule is CCc1occc1C(=O)Nc1ccc(Br)c(N)c1. The van der Waals surface area contributed by atoms with Crippen LogP contribution >= 0.6 is 15.9 Å². The Morgan fingerprint density at radius 3 is 2.89 bits per heavy atom. The summed E-state index contributed by atoms with van der Waals surface area (Å²) in [5.74, 6) is 0.486. The molecule has 0 aliphatic heterocycles. The standard InChI is InChI=1S/C13H13BrN2O2/c1-2-12-9(5-6-18-12)13(17)16-8-3-4-10(14)11(15)7-8/h3-7H,2,15H2,1H3,(H,16,17). The predicted molar refractivity (Wildman–Crippen MR) is 74.6 cm³/mol. The maximum Gasteiger partial charge on any atom is 0.259 e. The van der Waals surface area contributed by atoms with Gasteiger partial charge >= 0.3 is 0 Å². The number of nitrogens with one attached hydrogen (secondary N) is 1. The normalized spacial score (nSPS) is 10.3. The minimum atomic E-state index is -0.192. The number of carbonyl (C=O) groups is 1. The summed E-state index contributed by atoms with van der Waals surface area (Å²) in [5.41, 5.74) is 7.54. The molecule has 94 valence electrons. The van der Waals surface area contributed by atoms with Crippen molar-refractivity contribution >= 4 is 33.2 Å². The van der Waals surface area contributed by atoms with Gasteiger partial charge in [0, 0.05) is 22.3 Å². The first-order valence-corrected chi connectivity index (χ1v) is 6.34. The van der Waals surface area contributed by atoms with E-state index in [2.05, 4.69) is 21.2 Å². The highest BCUT2D eigenvalue weighted by molar-refractivity contribution is 9.10. The topological polar surface area (TPSA) is 68.3 Å². The van der Waals surface area contributed by atoms with Gasteiger partial charge < -0.3 is 15.5 Å². The number of hydrogen-bond acceptors (Lipinski definition) is 3. The summed E-state index contributed by atoms with van der Waals surface area (Å²) in [7, 11) is 0. The van der Waals surface area contributed by atoms with Gasteiger partial charge in [0.05, 0.1) is 11.8 Å². The van der Waals surface area contributed by atoms with E-state index in [1.807, 2.05) is 6.92 Å². The number of carbonyl (C=O) groups excluding carboxylic acids is 1. The first-order chi connectivity index (χ1) is 8.61. The minimum Gasteiger partial charge on any atom is -0.469 e. The van der Waals surface area contributed by atoms with Gasteiger partial charge in [-0.25, -0.2) is 0 Å². The van der Waals surface area contributed by atoms with Crippen molar-refractivity contribution in [1.82, 2.24) is 0 Å². The average Bonchev–Trinajstić information content (AvgIpc) is 2.82. The van der Waals surface area contributed by atoms with Crippen molar-refractivity contribution in [2.75, 3.05) is 11.1 Å². The second-order valence-electron chi connectivity index (χ2n) is 3.80. The summed E-state index contributed by atoms with van der Waals surface area (Å²) in [6, 6.07) is 6.94. The van der Waals surface area contributed by atoms with E-state index in [0.717, 1.165) is 4.47 Å². The van der Waals surface area contributed by atoms with Crippen LogP contribution in [0, 0.1) is 0 Å². The van der Waals surface area contributed by atoms with Crippen molar-refractivity contribution in [2.45, 2.75) is 13.3 Å². The summed E-state index contributed by atoms with van der Waals surface area (Å²) < 4.78 is 6.03. The van der Waals surface area contributed by atoms with E-state index in [1.54, 1.807) is 24.3 Å². The van der Waals surface area contributed by atoms with Gasteiger partial charge in [0.15, 0.2) is 0 Å². The molecule has 0 spiro atoms. The van der Waals surface area contributed by atoms with E-state index >= 15 is 0 Å². The molecule has 0 saturated carbocycles. The lowest BCUT2D eigenvalue weighted by Crippen LogP contribution is -2.12. The van der Waals surface area contributed by atoms with Crippen molar-refractivity contribution in [3.63, 3.8) is 0 Å². The van der Waals surface area contributed by atoms with Gasteiger partial charge in [-0.3, -0.25) is 4.79 Å². The molecule has 0 aliphatic rings. The van der Waals surface area contributed by atoms with Gasteiger partial charge in [0.2, 0.25) is 0 Å². The molecule has 2 aromatic rings. The number of hydrogen-bond donors (Lipinski definition) is 2. The Morgan fingerprint density at radius 2 is 2.22 bits per heavy atom. The molecule has 0 saturated heterocycles. The Labute approximate surface area is 113 Å². The molecule has 0 fully saturated rings. The van der Waals surface area contributed by atoms with Crippen LogP contribution in [0.15, 0.2) is 39.4 Å². The zero-order chi connectivity index (χ0) is 13.1. The largest absolute Gasteiger partial charge is 0.469 e. The fourth-order valence-electron chi connectivity index (χ4n) is 1.64. The van der Waals surface area contributed by atoms with Crippen LogP contribution in [0.1, 0.15) is 23.0 Å². The van der Waals surface area contributed by atoms with Gasteiger partial charge in [-0.05, 0) is 40.2 Å². The number of nitrogen functional groups attached to an aromatic ring is 1. The third kappa shape index (κ3) is 2.56. The van der Waals surface area contributed by atoms with Gasteiger partial charge in [-0.1, -0.05) is 6.92 Å². The maximum absolute atomic E-state index is 12.0. The van der Waals surface area contributed by atoms with Crippen molar-refractivity contribution in [3.8, 4) is 0 Å². The smallest absolute Gasteiger partial charge is 0.259 e. The lowest BCUT2D eigenvalue weighted by atomic mass is 10.2. The third-order valence-corrected chi connectivity index (χ3v) is 3.29. The molecule has 2 rings (SSSR count). The molecule has 5 heteroatoms. The van der Waals surface area contributed by atoms with Crippen LogP contribution < -0.4 is 11.1 Å². The molecule has 18 heavy (non-hydrogen) atoms. The lowest BCUT2D eigenvalue weighted by Gasteiger charge is -2.06. The second kappa shape index (κ2) is 5.27. The number of anilines is 2. The molecule has 0 unspecified atom stereocenters. The Bertz CT molecular complexity index is 578. The van der Waals surface area contributed by atoms with Gasteiger partial charge in [-0.2, -0.15) is 0 Å². The van der Waals surface area contributed by atoms with Crippen LogP contribution in [0.3, 0.4) is 0 Å². The van der Waals surface area contributed by atoms with E-state index in [4.69, 9.17) is 10.2 Å². The zero-order valence-electron chi connectivity index (χ0n) is 9.87. The summed E-state index contributed by atoms with van der Waals surface area (Å²) >= 11 is 3.30. The number of benzene rings is 1. The van der Waals surface area contributed by atoms with E-state index in [9.17, 15) is 4.79 Å². The molecular weight excluding hydrogens is 296 g/mol. The lowest BCUT2D eigenvalue weighted by molar-refractivity contribution is 0.102. The predicted octanol–water partition coefficient (Wildman–Crippen LogP) is 3.44. The highest BCUT2D eigenvalue weighted by atomic mass is 79.9. The van der Waals surface area contributed by atoms with Gasteiger partial charge in [-0.15, -0.1) is 0 Å². The van der Waals surface area contributed by atoms with Crippen molar-refractivity contribution in [2.24, 2.45) is 0 Å². The first kappa shape index (κ1) is 12.7. The fourth-order valence-corrected chi connectivity index (χ4v) is 1.88. The summed E-state index contributed by atoms with van der Waals surface area (Å²) in [6.07, 6.45) is 2.20. The Hall–Kier alpha value is -1.75. The third-order valence-electron chi connectivity index (χ3n) is 2.57. The van der Waals surface area contributed by atoms with Crippen LogP contribution in [-0.2, 0) is 6.42 Å². The number of halogens is 1. The highest BCUT2D eigenvalue weighted by Gasteiger charge is 2.13. The Kier molecular flexibility index (Phi) is 3.72. The molecule has 0 bridgehead atoms. The molecule has 4 nitrogen and oxygen atoms in total. The van der Waals surface area contributed by atoms with Crippen LogP contribution in [0.25, 0.3) is 0 Å². The maximum atomic E-state index is 12.0. The molecule has 0 aliphatic carbocycles. The number of furan rings is 1. The quantitative estimate of drug-likeness (QED) is 0.853. The van der Waals surface area contributed by atoms with E-state index in [1.165, 1.54) is 6.26 Å². The number of aryl methyl sites for hydroxylation is 1. The number of rotatable bonds is 3. The fraction of sp³-hybridized carbons (Fsp3) is 0.154. The number of nitrogens with two attached hydrogens (primary N) is 1. The molecule has 0 radical (unpaired) electrons. The van der Waals surface area contributed by atoms with E-state index in [-0.39, 0.29) is 5.91 Å². The van der Waals surface area contributed by atoms with E-state index < -0.39 is 0 Å². The van der Waals surface area contributed by atoms with Crippen molar-refractivity contribution < 1.29 is 9.21 Å². The van der Waals surface area contributed by atoms with E-state index in [0.29, 0.717) is 29.1 Å².